The topological polar surface area (TPSA) is 4.93 Å². The molecule has 0 amide bonds. The Morgan fingerprint density at radius 3 is 2.24 bits per heavy atom. The number of aromatic nitrogens is 1. The fourth-order valence-corrected chi connectivity index (χ4v) is 3.13. The third-order valence-electron chi connectivity index (χ3n) is 4.09. The van der Waals surface area contributed by atoms with E-state index in [2.05, 4.69) is 85.1 Å². The molecule has 0 saturated carbocycles. The summed E-state index contributed by atoms with van der Waals surface area (Å²) >= 11 is 0. The molecule has 1 heterocycles. The van der Waals surface area contributed by atoms with E-state index in [1.165, 1.54) is 38.6 Å². The van der Waals surface area contributed by atoms with Crippen molar-refractivity contribution in [1.29, 1.82) is 0 Å². The monoisotopic (exact) mass is 271 g/mol. The molecule has 4 rings (SSSR count). The van der Waals surface area contributed by atoms with E-state index in [1.54, 1.807) is 0 Å². The van der Waals surface area contributed by atoms with Crippen LogP contribution in [0.15, 0.2) is 66.7 Å². The number of aryl methyl sites for hydroxylation is 2. The minimum atomic E-state index is 1.23. The molecule has 3 aromatic carbocycles. The Morgan fingerprint density at radius 1 is 0.619 bits per heavy atom. The van der Waals surface area contributed by atoms with Gasteiger partial charge in [0.15, 0.2) is 0 Å². The van der Waals surface area contributed by atoms with Gasteiger partial charge in [0.2, 0.25) is 0 Å². The molecule has 0 aliphatic carbocycles. The minimum Gasteiger partial charge on any atom is -0.309 e. The van der Waals surface area contributed by atoms with E-state index in [0.29, 0.717) is 0 Å². The summed E-state index contributed by atoms with van der Waals surface area (Å²) in [5.74, 6) is 0. The van der Waals surface area contributed by atoms with E-state index in [9.17, 15) is 0 Å². The van der Waals surface area contributed by atoms with Crippen LogP contribution in [0.4, 0.5) is 0 Å². The zero-order chi connectivity index (χ0) is 14.4. The van der Waals surface area contributed by atoms with Gasteiger partial charge in [0.05, 0.1) is 11.0 Å². The van der Waals surface area contributed by atoms with E-state index >= 15 is 0 Å². The number of rotatable bonds is 1. The van der Waals surface area contributed by atoms with Crippen molar-refractivity contribution in [2.75, 3.05) is 0 Å². The maximum atomic E-state index is 2.37. The van der Waals surface area contributed by atoms with Crippen molar-refractivity contribution in [2.24, 2.45) is 0 Å². The second-order valence-electron chi connectivity index (χ2n) is 5.71. The third kappa shape index (κ3) is 1.85. The van der Waals surface area contributed by atoms with Crippen molar-refractivity contribution in [3.05, 3.63) is 77.9 Å². The molecule has 21 heavy (non-hydrogen) atoms. The van der Waals surface area contributed by atoms with E-state index in [4.69, 9.17) is 0 Å². The summed E-state index contributed by atoms with van der Waals surface area (Å²) in [5.41, 5.74) is 6.35. The molecule has 0 radical (unpaired) electrons. The van der Waals surface area contributed by atoms with Gasteiger partial charge in [-0.25, -0.2) is 0 Å². The number of para-hydroxylation sites is 1. The first-order chi connectivity index (χ1) is 10.2. The molecular formula is C20H17N. The van der Waals surface area contributed by atoms with E-state index < -0.39 is 0 Å². The van der Waals surface area contributed by atoms with Gasteiger partial charge < -0.3 is 4.57 Å². The van der Waals surface area contributed by atoms with Gasteiger partial charge in [-0.3, -0.25) is 0 Å². The van der Waals surface area contributed by atoms with Gasteiger partial charge in [-0.05, 0) is 49.2 Å². The molecule has 1 heteroatoms. The summed E-state index contributed by atoms with van der Waals surface area (Å²) in [6.07, 6.45) is 0. The lowest BCUT2D eigenvalue weighted by Gasteiger charge is -2.08. The molecule has 0 aliphatic rings. The van der Waals surface area contributed by atoms with Gasteiger partial charge in [0.1, 0.15) is 0 Å². The highest BCUT2D eigenvalue weighted by Gasteiger charge is 2.11. The van der Waals surface area contributed by atoms with Gasteiger partial charge in [-0.2, -0.15) is 0 Å². The summed E-state index contributed by atoms with van der Waals surface area (Å²) in [5, 5.41) is 2.63. The lowest BCUT2D eigenvalue weighted by Crippen LogP contribution is -1.94. The highest BCUT2D eigenvalue weighted by atomic mass is 15.0. The van der Waals surface area contributed by atoms with Gasteiger partial charge in [0.25, 0.3) is 0 Å². The predicted octanol–water partition coefficient (Wildman–Crippen LogP) is 5.40. The number of hydrogen-bond acceptors (Lipinski definition) is 0. The molecule has 0 aliphatic heterocycles. The zero-order valence-corrected chi connectivity index (χ0v) is 12.3. The molecule has 0 fully saturated rings. The molecule has 0 spiro atoms. The molecule has 102 valence electrons. The van der Waals surface area contributed by atoms with Crippen LogP contribution in [0.1, 0.15) is 11.1 Å². The molecule has 4 aromatic rings. The van der Waals surface area contributed by atoms with E-state index in [0.717, 1.165) is 0 Å². The van der Waals surface area contributed by atoms with Gasteiger partial charge in [0, 0.05) is 16.5 Å². The summed E-state index contributed by atoms with van der Waals surface area (Å²) in [7, 11) is 0. The standard InChI is InChI=1S/C20H17N/c1-14-6-5-7-16(12-14)21-19-9-4-3-8-17(19)18-11-10-15(2)13-20(18)21/h3-13H,1-2H3. The first-order valence-electron chi connectivity index (χ1n) is 7.31. The normalized spacial score (nSPS) is 11.3. The Hall–Kier alpha value is -2.54. The van der Waals surface area contributed by atoms with Crippen LogP contribution in [0.3, 0.4) is 0 Å². The first kappa shape index (κ1) is 12.2. The van der Waals surface area contributed by atoms with Crippen molar-refractivity contribution in [3.8, 4) is 5.69 Å². The van der Waals surface area contributed by atoms with Crippen LogP contribution in [0.5, 0.6) is 0 Å². The summed E-state index contributed by atoms with van der Waals surface area (Å²) in [6, 6.07) is 24.0. The van der Waals surface area contributed by atoms with Crippen LogP contribution in [0.2, 0.25) is 0 Å². The highest BCUT2D eigenvalue weighted by Crippen LogP contribution is 2.32. The lowest BCUT2D eigenvalue weighted by molar-refractivity contribution is 1.17. The molecule has 1 aromatic heterocycles. The summed E-state index contributed by atoms with van der Waals surface area (Å²) in [6.45, 7) is 4.29. The Morgan fingerprint density at radius 2 is 1.38 bits per heavy atom. The van der Waals surface area contributed by atoms with Gasteiger partial charge in [-0.1, -0.05) is 42.5 Å². The van der Waals surface area contributed by atoms with Crippen LogP contribution in [-0.2, 0) is 0 Å². The fourth-order valence-electron chi connectivity index (χ4n) is 3.13. The Kier molecular flexibility index (Phi) is 2.61. The average Bonchev–Trinajstić information content (AvgIpc) is 2.80. The van der Waals surface area contributed by atoms with Crippen molar-refractivity contribution >= 4 is 21.8 Å². The van der Waals surface area contributed by atoms with Crippen molar-refractivity contribution < 1.29 is 0 Å². The number of benzene rings is 3. The number of nitrogens with zero attached hydrogens (tertiary/aromatic N) is 1. The lowest BCUT2D eigenvalue weighted by atomic mass is 10.1. The molecule has 1 nitrogen and oxygen atoms in total. The number of fused-ring (bicyclic) bond motifs is 3. The van der Waals surface area contributed by atoms with Crippen molar-refractivity contribution in [1.82, 2.24) is 4.57 Å². The van der Waals surface area contributed by atoms with Crippen LogP contribution in [-0.4, -0.2) is 4.57 Å². The summed E-state index contributed by atoms with van der Waals surface area (Å²) < 4.78 is 2.37. The van der Waals surface area contributed by atoms with Gasteiger partial charge in [-0.15, -0.1) is 0 Å². The van der Waals surface area contributed by atoms with Crippen LogP contribution in [0.25, 0.3) is 27.5 Å². The maximum absolute atomic E-state index is 2.37. The highest BCUT2D eigenvalue weighted by molar-refractivity contribution is 6.09. The molecule has 0 unspecified atom stereocenters. The van der Waals surface area contributed by atoms with Crippen LogP contribution >= 0.6 is 0 Å². The first-order valence-corrected chi connectivity index (χ1v) is 7.31. The fraction of sp³-hybridized carbons (Fsp3) is 0.100. The minimum absolute atomic E-state index is 1.23. The predicted molar refractivity (Wildman–Crippen MR) is 90.3 cm³/mol. The second kappa shape index (κ2) is 4.49. The third-order valence-corrected chi connectivity index (χ3v) is 4.09. The number of hydrogen-bond donors (Lipinski definition) is 0. The molecule has 0 saturated heterocycles. The zero-order valence-electron chi connectivity index (χ0n) is 12.3. The average molecular weight is 271 g/mol. The molecule has 0 atom stereocenters. The van der Waals surface area contributed by atoms with Crippen LogP contribution in [0, 0.1) is 13.8 Å². The van der Waals surface area contributed by atoms with E-state index in [1.807, 2.05) is 0 Å². The second-order valence-corrected chi connectivity index (χ2v) is 5.71. The summed E-state index contributed by atoms with van der Waals surface area (Å²) in [4.78, 5) is 0. The molecule has 0 N–H and O–H groups in total. The Labute approximate surface area is 124 Å². The molecule has 0 bridgehead atoms. The van der Waals surface area contributed by atoms with Crippen molar-refractivity contribution in [2.45, 2.75) is 13.8 Å². The van der Waals surface area contributed by atoms with Gasteiger partial charge >= 0.3 is 0 Å². The van der Waals surface area contributed by atoms with Crippen LogP contribution < -0.4 is 0 Å². The quantitative estimate of drug-likeness (QED) is 0.437. The molecular weight excluding hydrogens is 254 g/mol. The Balaban J connectivity index is 2.21. The largest absolute Gasteiger partial charge is 0.309 e. The Bertz CT molecular complexity index is 960. The van der Waals surface area contributed by atoms with E-state index in [-0.39, 0.29) is 0 Å². The van der Waals surface area contributed by atoms with Crippen molar-refractivity contribution in [3.63, 3.8) is 0 Å². The smallest absolute Gasteiger partial charge is 0.0543 e. The SMILES string of the molecule is Cc1cccc(-n2c3ccccc3c3ccc(C)cc32)c1. The maximum Gasteiger partial charge on any atom is 0.0543 e.